The smallest absolute Gasteiger partial charge is 0.161 e. The van der Waals surface area contributed by atoms with Gasteiger partial charge in [0.1, 0.15) is 10.9 Å². The standard InChI is InChI=1S/C16H18BrClN2O/c1-4-9-21-12-7-5-11(6-8-12)16-19-14(10(2)3)13(17)15(18)20-16/h5-8,10H,4,9H2,1-3H3. The van der Waals surface area contributed by atoms with Crippen LogP contribution in [0.3, 0.4) is 0 Å². The van der Waals surface area contributed by atoms with E-state index in [0.29, 0.717) is 11.0 Å². The third-order valence-electron chi connectivity index (χ3n) is 2.97. The molecule has 1 aromatic heterocycles. The first kappa shape index (κ1) is 16.2. The lowest BCUT2D eigenvalue weighted by Gasteiger charge is -2.11. The zero-order chi connectivity index (χ0) is 15.4. The number of rotatable bonds is 5. The van der Waals surface area contributed by atoms with Crippen molar-refractivity contribution in [2.24, 2.45) is 0 Å². The number of benzene rings is 1. The Morgan fingerprint density at radius 1 is 1.19 bits per heavy atom. The first-order valence-electron chi connectivity index (χ1n) is 6.99. The molecule has 1 heterocycles. The van der Waals surface area contributed by atoms with Gasteiger partial charge in [-0.2, -0.15) is 0 Å². The molecule has 0 spiro atoms. The van der Waals surface area contributed by atoms with Crippen molar-refractivity contribution in [1.82, 2.24) is 9.97 Å². The van der Waals surface area contributed by atoms with Gasteiger partial charge in [-0.3, -0.25) is 0 Å². The largest absolute Gasteiger partial charge is 0.494 e. The summed E-state index contributed by atoms with van der Waals surface area (Å²) in [6, 6.07) is 7.77. The molecular weight excluding hydrogens is 352 g/mol. The Kier molecular flexibility index (Phi) is 5.59. The van der Waals surface area contributed by atoms with Crippen LogP contribution in [0.4, 0.5) is 0 Å². The number of nitrogens with zero attached hydrogens (tertiary/aromatic N) is 2. The Balaban J connectivity index is 2.33. The number of ether oxygens (including phenoxy) is 1. The molecule has 0 bridgehead atoms. The summed E-state index contributed by atoms with van der Waals surface area (Å²) in [7, 11) is 0. The van der Waals surface area contributed by atoms with Crippen LogP contribution in [0.15, 0.2) is 28.7 Å². The highest BCUT2D eigenvalue weighted by Gasteiger charge is 2.14. The van der Waals surface area contributed by atoms with E-state index in [1.165, 1.54) is 0 Å². The molecule has 0 atom stereocenters. The molecule has 5 heteroatoms. The minimum atomic E-state index is 0.269. The molecule has 0 radical (unpaired) electrons. The predicted octanol–water partition coefficient (Wildman–Crippen LogP) is 5.47. The Bertz CT molecular complexity index is 614. The Morgan fingerprint density at radius 2 is 1.86 bits per heavy atom. The van der Waals surface area contributed by atoms with Gasteiger partial charge in [-0.1, -0.05) is 32.4 Å². The summed E-state index contributed by atoms with van der Waals surface area (Å²) in [5, 5.41) is 0.440. The molecule has 0 aliphatic carbocycles. The summed E-state index contributed by atoms with van der Waals surface area (Å²) < 4.78 is 6.35. The topological polar surface area (TPSA) is 35.0 Å². The van der Waals surface area contributed by atoms with Gasteiger partial charge in [0.05, 0.1) is 16.8 Å². The van der Waals surface area contributed by atoms with E-state index in [0.717, 1.165) is 34.5 Å². The first-order chi connectivity index (χ1) is 10.0. The summed E-state index contributed by atoms with van der Waals surface area (Å²) in [6.45, 7) is 6.96. The van der Waals surface area contributed by atoms with Crippen LogP contribution in [0.25, 0.3) is 11.4 Å². The lowest BCUT2D eigenvalue weighted by atomic mass is 10.1. The van der Waals surface area contributed by atoms with E-state index in [9.17, 15) is 0 Å². The highest BCUT2D eigenvalue weighted by molar-refractivity contribution is 9.10. The molecule has 0 amide bonds. The second-order valence-corrected chi connectivity index (χ2v) is 6.22. The maximum atomic E-state index is 6.19. The Morgan fingerprint density at radius 3 is 2.43 bits per heavy atom. The van der Waals surface area contributed by atoms with E-state index in [4.69, 9.17) is 16.3 Å². The third kappa shape index (κ3) is 3.95. The van der Waals surface area contributed by atoms with Crippen LogP contribution in [-0.4, -0.2) is 16.6 Å². The average Bonchev–Trinajstić information content (AvgIpc) is 2.48. The maximum Gasteiger partial charge on any atom is 0.161 e. The second-order valence-electron chi connectivity index (χ2n) is 5.06. The van der Waals surface area contributed by atoms with E-state index < -0.39 is 0 Å². The fraction of sp³-hybridized carbons (Fsp3) is 0.375. The zero-order valence-corrected chi connectivity index (χ0v) is 14.7. The van der Waals surface area contributed by atoms with Gasteiger partial charge in [0.15, 0.2) is 5.82 Å². The molecule has 0 aliphatic rings. The van der Waals surface area contributed by atoms with E-state index in [2.05, 4.69) is 46.7 Å². The molecule has 1 aromatic carbocycles. The minimum Gasteiger partial charge on any atom is -0.494 e. The molecule has 2 rings (SSSR count). The lowest BCUT2D eigenvalue weighted by molar-refractivity contribution is 0.317. The van der Waals surface area contributed by atoms with Gasteiger partial charge in [-0.05, 0) is 52.5 Å². The number of halogens is 2. The van der Waals surface area contributed by atoms with Crippen molar-refractivity contribution in [2.45, 2.75) is 33.1 Å². The Hall–Kier alpha value is -1.13. The number of aromatic nitrogens is 2. The molecule has 21 heavy (non-hydrogen) atoms. The van der Waals surface area contributed by atoms with E-state index in [1.807, 2.05) is 24.3 Å². The first-order valence-corrected chi connectivity index (χ1v) is 8.16. The van der Waals surface area contributed by atoms with Crippen LogP contribution in [0.2, 0.25) is 5.15 Å². The zero-order valence-electron chi connectivity index (χ0n) is 12.4. The normalized spacial score (nSPS) is 11.0. The minimum absolute atomic E-state index is 0.269. The summed E-state index contributed by atoms with van der Waals surface area (Å²) in [5.41, 5.74) is 1.84. The fourth-order valence-corrected chi connectivity index (χ4v) is 2.68. The molecule has 0 saturated carbocycles. The molecular formula is C16H18BrClN2O. The SMILES string of the molecule is CCCOc1ccc(-c2nc(Cl)c(Br)c(C(C)C)n2)cc1. The summed E-state index contributed by atoms with van der Waals surface area (Å²) in [6.07, 6.45) is 0.991. The van der Waals surface area contributed by atoms with Gasteiger partial charge >= 0.3 is 0 Å². The predicted molar refractivity (Wildman–Crippen MR) is 90.1 cm³/mol. The summed E-state index contributed by atoms with van der Waals surface area (Å²) in [5.74, 6) is 1.76. The summed E-state index contributed by atoms with van der Waals surface area (Å²) >= 11 is 9.64. The van der Waals surface area contributed by atoms with Gasteiger partial charge < -0.3 is 4.74 Å². The van der Waals surface area contributed by atoms with Crippen LogP contribution < -0.4 is 4.74 Å². The van der Waals surface area contributed by atoms with Crippen LogP contribution in [-0.2, 0) is 0 Å². The van der Waals surface area contributed by atoms with Crippen molar-refractivity contribution < 1.29 is 4.74 Å². The van der Waals surface area contributed by atoms with Crippen molar-refractivity contribution >= 4 is 27.5 Å². The molecule has 0 aliphatic heterocycles. The third-order valence-corrected chi connectivity index (χ3v) is 4.25. The van der Waals surface area contributed by atoms with E-state index in [1.54, 1.807) is 0 Å². The van der Waals surface area contributed by atoms with Crippen LogP contribution >= 0.6 is 27.5 Å². The summed E-state index contributed by atoms with van der Waals surface area (Å²) in [4.78, 5) is 8.96. The van der Waals surface area contributed by atoms with Crippen molar-refractivity contribution in [1.29, 1.82) is 0 Å². The number of hydrogen-bond acceptors (Lipinski definition) is 3. The molecule has 2 aromatic rings. The molecule has 0 N–H and O–H groups in total. The van der Waals surface area contributed by atoms with Crippen molar-refractivity contribution in [3.8, 4) is 17.1 Å². The van der Waals surface area contributed by atoms with Gasteiger partial charge in [0.25, 0.3) is 0 Å². The molecule has 112 valence electrons. The molecule has 0 fully saturated rings. The Labute approximate surface area is 138 Å². The highest BCUT2D eigenvalue weighted by atomic mass is 79.9. The van der Waals surface area contributed by atoms with Gasteiger partial charge in [-0.25, -0.2) is 9.97 Å². The van der Waals surface area contributed by atoms with Gasteiger partial charge in [0.2, 0.25) is 0 Å². The van der Waals surface area contributed by atoms with Gasteiger partial charge in [-0.15, -0.1) is 0 Å². The van der Waals surface area contributed by atoms with Crippen molar-refractivity contribution in [3.63, 3.8) is 0 Å². The maximum absolute atomic E-state index is 6.19. The fourth-order valence-electron chi connectivity index (χ4n) is 1.87. The van der Waals surface area contributed by atoms with E-state index in [-0.39, 0.29) is 5.92 Å². The van der Waals surface area contributed by atoms with Crippen LogP contribution in [0.1, 0.15) is 38.8 Å². The van der Waals surface area contributed by atoms with Gasteiger partial charge in [0, 0.05) is 5.56 Å². The lowest BCUT2D eigenvalue weighted by Crippen LogP contribution is -2.00. The average molecular weight is 370 g/mol. The van der Waals surface area contributed by atoms with Crippen molar-refractivity contribution in [2.75, 3.05) is 6.61 Å². The number of hydrogen-bond donors (Lipinski definition) is 0. The van der Waals surface area contributed by atoms with Crippen molar-refractivity contribution in [3.05, 3.63) is 39.6 Å². The van der Waals surface area contributed by atoms with E-state index >= 15 is 0 Å². The highest BCUT2D eigenvalue weighted by Crippen LogP contribution is 2.31. The molecule has 0 saturated heterocycles. The van der Waals surface area contributed by atoms with Crippen LogP contribution in [0.5, 0.6) is 5.75 Å². The molecule has 0 unspecified atom stereocenters. The molecule has 3 nitrogen and oxygen atoms in total. The quantitative estimate of drug-likeness (QED) is 0.655. The van der Waals surface area contributed by atoms with Crippen LogP contribution in [0, 0.1) is 0 Å². The second kappa shape index (κ2) is 7.23. The monoisotopic (exact) mass is 368 g/mol.